The molecule has 1 saturated heterocycles. The number of ether oxygens (including phenoxy) is 2. The molecule has 0 aliphatic carbocycles. The first kappa shape index (κ1) is 19.9. The number of aldehydes is 1. The molecule has 0 saturated carbocycles. The largest absolute Gasteiger partial charge is 0.468 e. The maximum absolute atomic E-state index is 13.0. The summed E-state index contributed by atoms with van der Waals surface area (Å²) in [6.45, 7) is 8.41. The molecule has 0 aromatic heterocycles. The van der Waals surface area contributed by atoms with E-state index in [2.05, 4.69) is 0 Å². The molecule has 0 radical (unpaired) electrons. The second kappa shape index (κ2) is 6.72. The third-order valence-corrected chi connectivity index (χ3v) is 4.51. The van der Waals surface area contributed by atoms with Crippen LogP contribution in [0.5, 0.6) is 0 Å². The van der Waals surface area contributed by atoms with Crippen LogP contribution >= 0.6 is 0 Å². The number of rotatable bonds is 4. The van der Waals surface area contributed by atoms with E-state index >= 15 is 0 Å². The number of benzene rings is 1. The third kappa shape index (κ3) is 3.19. The lowest BCUT2D eigenvalue weighted by Crippen LogP contribution is -2.60. The summed E-state index contributed by atoms with van der Waals surface area (Å²) in [6, 6.07) is 6.64. The van der Waals surface area contributed by atoms with E-state index in [4.69, 9.17) is 14.3 Å². The van der Waals surface area contributed by atoms with Crippen LogP contribution in [0.1, 0.15) is 45.0 Å². The van der Waals surface area contributed by atoms with Gasteiger partial charge in [-0.15, -0.1) is 0 Å². The molecule has 1 aliphatic heterocycles. The van der Waals surface area contributed by atoms with Crippen molar-refractivity contribution in [2.45, 2.75) is 45.8 Å². The number of esters is 2. The van der Waals surface area contributed by atoms with Crippen LogP contribution in [-0.4, -0.2) is 43.1 Å². The SMILES string of the molecule is COC(=O)C1(C(=O)OC(C)(C)C)CON(c2ccc(C=O)cc2)C1(C)C. The Morgan fingerprint density at radius 3 is 2.19 bits per heavy atom. The number of carbonyl (C=O) groups excluding carboxylic acids is 3. The summed E-state index contributed by atoms with van der Waals surface area (Å²) in [4.78, 5) is 42.3. The fraction of sp³-hybridized carbons (Fsp3) is 0.526. The normalized spacial score (nSPS) is 22.0. The first-order chi connectivity index (χ1) is 12.0. The molecule has 1 atom stereocenters. The fourth-order valence-corrected chi connectivity index (χ4v) is 3.00. The molecule has 1 heterocycles. The van der Waals surface area contributed by atoms with Gasteiger partial charge in [0.15, 0.2) is 0 Å². The Hall–Kier alpha value is -2.41. The Labute approximate surface area is 153 Å². The molecule has 0 bridgehead atoms. The Kier molecular flexibility index (Phi) is 5.14. The lowest BCUT2D eigenvalue weighted by Gasteiger charge is -2.40. The van der Waals surface area contributed by atoms with Gasteiger partial charge in [-0.1, -0.05) is 0 Å². The third-order valence-electron chi connectivity index (χ3n) is 4.51. The van der Waals surface area contributed by atoms with Gasteiger partial charge in [0.1, 0.15) is 18.5 Å². The average Bonchev–Trinajstić information content (AvgIpc) is 2.84. The number of anilines is 1. The molecular weight excluding hydrogens is 338 g/mol. The summed E-state index contributed by atoms with van der Waals surface area (Å²) in [5.74, 6) is -1.42. The zero-order valence-electron chi connectivity index (χ0n) is 16.0. The molecular formula is C19H25NO6. The second-order valence-corrected chi connectivity index (χ2v) is 7.74. The highest BCUT2D eigenvalue weighted by Crippen LogP contribution is 2.47. The van der Waals surface area contributed by atoms with Gasteiger partial charge in [0.25, 0.3) is 0 Å². The zero-order chi connectivity index (χ0) is 19.8. The Bertz CT molecular complexity index is 704. The summed E-state index contributed by atoms with van der Waals surface area (Å²) in [5, 5.41) is 1.49. The standard InChI is InChI=1S/C19H25NO6/c1-17(2,3)26-16(23)19(15(22)24-6)12-25-20(18(19,4)5)14-9-7-13(11-21)8-10-14/h7-11H,12H2,1-6H3. The van der Waals surface area contributed by atoms with Crippen LogP contribution in [-0.2, 0) is 23.9 Å². The topological polar surface area (TPSA) is 82.1 Å². The number of hydrogen-bond acceptors (Lipinski definition) is 7. The van der Waals surface area contributed by atoms with E-state index in [1.807, 2.05) is 0 Å². The van der Waals surface area contributed by atoms with Crippen LogP contribution in [0.2, 0.25) is 0 Å². The minimum Gasteiger partial charge on any atom is -0.468 e. The summed E-state index contributed by atoms with van der Waals surface area (Å²) in [7, 11) is 1.23. The van der Waals surface area contributed by atoms with E-state index in [0.29, 0.717) is 11.3 Å². The predicted octanol–water partition coefficient (Wildman–Crippen LogP) is 2.53. The molecule has 1 aromatic carbocycles. The summed E-state index contributed by atoms with van der Waals surface area (Å²) in [6.07, 6.45) is 0.735. The number of hydroxylamine groups is 1. The molecule has 1 aromatic rings. The number of carbonyl (C=O) groups is 3. The quantitative estimate of drug-likeness (QED) is 0.462. The van der Waals surface area contributed by atoms with Crippen LogP contribution in [0, 0.1) is 5.41 Å². The Morgan fingerprint density at radius 2 is 1.73 bits per heavy atom. The van der Waals surface area contributed by atoms with Gasteiger partial charge in [-0.25, -0.2) is 5.06 Å². The van der Waals surface area contributed by atoms with Gasteiger partial charge in [0.2, 0.25) is 5.41 Å². The number of nitrogens with zero attached hydrogens (tertiary/aromatic N) is 1. The minimum absolute atomic E-state index is 0.211. The maximum atomic E-state index is 13.0. The van der Waals surface area contributed by atoms with Gasteiger partial charge < -0.3 is 9.47 Å². The number of methoxy groups -OCH3 is 1. The van der Waals surface area contributed by atoms with Crippen molar-refractivity contribution in [3.8, 4) is 0 Å². The lowest BCUT2D eigenvalue weighted by molar-refractivity contribution is -0.181. The van der Waals surface area contributed by atoms with Crippen molar-refractivity contribution >= 4 is 23.9 Å². The van der Waals surface area contributed by atoms with E-state index in [-0.39, 0.29) is 6.61 Å². The van der Waals surface area contributed by atoms with Gasteiger partial charge >= 0.3 is 11.9 Å². The number of hydrogen-bond donors (Lipinski definition) is 0. The van der Waals surface area contributed by atoms with Crippen molar-refractivity contribution in [1.82, 2.24) is 0 Å². The molecule has 0 amide bonds. The van der Waals surface area contributed by atoms with Gasteiger partial charge in [0, 0.05) is 5.56 Å². The van der Waals surface area contributed by atoms with Crippen LogP contribution in [0.15, 0.2) is 24.3 Å². The van der Waals surface area contributed by atoms with E-state index in [0.717, 1.165) is 6.29 Å². The molecule has 0 spiro atoms. The smallest absolute Gasteiger partial charge is 0.329 e. The molecule has 7 nitrogen and oxygen atoms in total. The van der Waals surface area contributed by atoms with Crippen molar-refractivity contribution in [2.24, 2.45) is 5.41 Å². The van der Waals surface area contributed by atoms with Crippen molar-refractivity contribution in [3.63, 3.8) is 0 Å². The summed E-state index contributed by atoms with van der Waals surface area (Å²) >= 11 is 0. The fourth-order valence-electron chi connectivity index (χ4n) is 3.00. The molecule has 142 valence electrons. The first-order valence-electron chi connectivity index (χ1n) is 8.30. The summed E-state index contributed by atoms with van der Waals surface area (Å²) < 4.78 is 10.4. The monoisotopic (exact) mass is 363 g/mol. The first-order valence-corrected chi connectivity index (χ1v) is 8.30. The Morgan fingerprint density at radius 1 is 1.15 bits per heavy atom. The van der Waals surface area contributed by atoms with E-state index in [1.165, 1.54) is 12.2 Å². The van der Waals surface area contributed by atoms with Crippen LogP contribution in [0.3, 0.4) is 0 Å². The highest BCUT2D eigenvalue weighted by molar-refractivity contribution is 6.03. The molecule has 1 fully saturated rings. The maximum Gasteiger partial charge on any atom is 0.329 e. The van der Waals surface area contributed by atoms with Gasteiger partial charge in [-0.3, -0.25) is 19.2 Å². The van der Waals surface area contributed by atoms with Crippen molar-refractivity contribution in [1.29, 1.82) is 0 Å². The second-order valence-electron chi connectivity index (χ2n) is 7.74. The van der Waals surface area contributed by atoms with Crippen molar-refractivity contribution < 1.29 is 28.7 Å². The molecule has 0 N–H and O–H groups in total. The average molecular weight is 363 g/mol. The molecule has 2 rings (SSSR count). The highest BCUT2D eigenvalue weighted by atomic mass is 16.7. The van der Waals surface area contributed by atoms with E-state index in [1.54, 1.807) is 58.9 Å². The lowest BCUT2D eigenvalue weighted by atomic mass is 9.72. The Balaban J connectivity index is 2.48. The van der Waals surface area contributed by atoms with Crippen molar-refractivity contribution in [2.75, 3.05) is 18.8 Å². The van der Waals surface area contributed by atoms with Crippen LogP contribution in [0.25, 0.3) is 0 Å². The highest BCUT2D eigenvalue weighted by Gasteiger charge is 2.67. The van der Waals surface area contributed by atoms with Gasteiger partial charge in [-0.05, 0) is 58.9 Å². The minimum atomic E-state index is -1.65. The molecule has 1 aliphatic rings. The summed E-state index contributed by atoms with van der Waals surface area (Å²) in [5.41, 5.74) is -2.40. The van der Waals surface area contributed by atoms with E-state index in [9.17, 15) is 14.4 Å². The van der Waals surface area contributed by atoms with Crippen LogP contribution < -0.4 is 5.06 Å². The van der Waals surface area contributed by atoms with Crippen molar-refractivity contribution in [3.05, 3.63) is 29.8 Å². The predicted molar refractivity (Wildman–Crippen MR) is 94.6 cm³/mol. The zero-order valence-corrected chi connectivity index (χ0v) is 16.0. The van der Waals surface area contributed by atoms with Gasteiger partial charge in [0.05, 0.1) is 18.3 Å². The molecule has 7 heteroatoms. The molecule has 26 heavy (non-hydrogen) atoms. The van der Waals surface area contributed by atoms with Crippen LogP contribution in [0.4, 0.5) is 5.69 Å². The van der Waals surface area contributed by atoms with Gasteiger partial charge in [-0.2, -0.15) is 0 Å². The molecule has 1 unspecified atom stereocenters. The van der Waals surface area contributed by atoms with E-state index < -0.39 is 28.5 Å².